The molecule has 2 rings (SSSR count). The van der Waals surface area contributed by atoms with Gasteiger partial charge in [-0.1, -0.05) is 34.8 Å². The van der Waals surface area contributed by atoms with Gasteiger partial charge in [0.15, 0.2) is 5.15 Å². The second kappa shape index (κ2) is 7.93. The summed E-state index contributed by atoms with van der Waals surface area (Å²) in [6.07, 6.45) is 1.52. The molecule has 0 aliphatic carbocycles. The molecule has 1 amide bonds. The Kier molecular flexibility index (Phi) is 6.18. The predicted molar refractivity (Wildman–Crippen MR) is 90.7 cm³/mol. The lowest BCUT2D eigenvalue weighted by Crippen LogP contribution is -2.30. The summed E-state index contributed by atoms with van der Waals surface area (Å²) in [5.74, 6) is -0.872. The number of aromatic nitrogens is 1. The number of hydrogen-bond donors (Lipinski definition) is 2. The highest BCUT2D eigenvalue weighted by atomic mass is 35.5. The SMILES string of the molecule is C[C@@H](NCC(=O)Nc1cccnc1Cl)c1cc(F)c(Cl)cc1Cl. The van der Waals surface area contributed by atoms with Crippen molar-refractivity contribution in [3.05, 3.63) is 57.0 Å². The van der Waals surface area contributed by atoms with E-state index in [1.807, 2.05) is 0 Å². The highest BCUT2D eigenvalue weighted by Gasteiger charge is 2.14. The zero-order valence-corrected chi connectivity index (χ0v) is 14.3. The van der Waals surface area contributed by atoms with E-state index in [1.165, 1.54) is 18.3 Å². The molecule has 0 bridgehead atoms. The maximum atomic E-state index is 13.5. The average molecular weight is 377 g/mol. The summed E-state index contributed by atoms with van der Waals surface area (Å²) in [7, 11) is 0. The summed E-state index contributed by atoms with van der Waals surface area (Å²) in [4.78, 5) is 15.8. The van der Waals surface area contributed by atoms with E-state index in [0.717, 1.165) is 0 Å². The van der Waals surface area contributed by atoms with Gasteiger partial charge >= 0.3 is 0 Å². The molecule has 0 unspecified atom stereocenters. The zero-order valence-electron chi connectivity index (χ0n) is 12.0. The van der Waals surface area contributed by atoms with Crippen LogP contribution < -0.4 is 10.6 Å². The molecule has 2 N–H and O–H groups in total. The number of rotatable bonds is 5. The van der Waals surface area contributed by atoms with Gasteiger partial charge in [0, 0.05) is 17.3 Å². The molecular formula is C15H13Cl3FN3O. The van der Waals surface area contributed by atoms with Gasteiger partial charge in [0.25, 0.3) is 0 Å². The van der Waals surface area contributed by atoms with Crippen LogP contribution in [0.4, 0.5) is 10.1 Å². The van der Waals surface area contributed by atoms with Crippen LogP contribution in [0.2, 0.25) is 15.2 Å². The Morgan fingerprint density at radius 2 is 2.04 bits per heavy atom. The van der Waals surface area contributed by atoms with E-state index in [0.29, 0.717) is 16.3 Å². The van der Waals surface area contributed by atoms with Crippen molar-refractivity contribution in [1.82, 2.24) is 10.3 Å². The van der Waals surface area contributed by atoms with Crippen LogP contribution in [0.5, 0.6) is 0 Å². The lowest BCUT2D eigenvalue weighted by Gasteiger charge is -2.16. The Bertz CT molecular complexity index is 727. The average Bonchev–Trinajstić information content (AvgIpc) is 2.51. The molecule has 2 aromatic rings. The molecule has 1 aromatic carbocycles. The number of hydrogen-bond acceptors (Lipinski definition) is 3. The van der Waals surface area contributed by atoms with Gasteiger partial charge in [0.2, 0.25) is 5.91 Å². The number of amides is 1. The molecule has 0 saturated heterocycles. The monoisotopic (exact) mass is 375 g/mol. The number of carbonyl (C=O) groups excluding carboxylic acids is 1. The van der Waals surface area contributed by atoms with Crippen molar-refractivity contribution in [3.63, 3.8) is 0 Å². The second-order valence-corrected chi connectivity index (χ2v) is 5.95. The molecule has 0 saturated carbocycles. The second-order valence-electron chi connectivity index (χ2n) is 4.78. The Morgan fingerprint density at radius 3 is 2.74 bits per heavy atom. The van der Waals surface area contributed by atoms with Crippen LogP contribution in [-0.4, -0.2) is 17.4 Å². The van der Waals surface area contributed by atoms with Crippen LogP contribution in [0.25, 0.3) is 0 Å². The van der Waals surface area contributed by atoms with E-state index in [1.54, 1.807) is 19.1 Å². The quantitative estimate of drug-likeness (QED) is 0.598. The van der Waals surface area contributed by atoms with Crippen molar-refractivity contribution in [2.75, 3.05) is 11.9 Å². The summed E-state index contributed by atoms with van der Waals surface area (Å²) in [6.45, 7) is 1.76. The van der Waals surface area contributed by atoms with Crippen molar-refractivity contribution in [3.8, 4) is 0 Å². The summed E-state index contributed by atoms with van der Waals surface area (Å²) in [6, 6.07) is 5.54. The van der Waals surface area contributed by atoms with Crippen molar-refractivity contribution in [2.24, 2.45) is 0 Å². The third kappa shape index (κ3) is 4.78. The number of benzene rings is 1. The van der Waals surface area contributed by atoms with Gasteiger partial charge in [0.1, 0.15) is 5.82 Å². The molecule has 0 aliphatic heterocycles. The number of nitrogens with one attached hydrogen (secondary N) is 2. The van der Waals surface area contributed by atoms with E-state index in [2.05, 4.69) is 15.6 Å². The van der Waals surface area contributed by atoms with E-state index in [4.69, 9.17) is 34.8 Å². The standard InChI is InChI=1S/C15H13Cl3FN3O/c1-8(9-5-12(19)11(17)6-10(9)16)21-7-14(23)22-13-3-2-4-20-15(13)18/h2-6,8,21H,7H2,1H3,(H,22,23)/t8-/m1/s1. The summed E-state index contributed by atoms with van der Waals surface area (Å²) in [5.41, 5.74) is 0.935. The first-order valence-corrected chi connectivity index (χ1v) is 7.80. The molecule has 0 radical (unpaired) electrons. The number of carbonyl (C=O) groups is 1. The number of anilines is 1. The van der Waals surface area contributed by atoms with Gasteiger partial charge in [-0.05, 0) is 36.8 Å². The maximum Gasteiger partial charge on any atom is 0.238 e. The van der Waals surface area contributed by atoms with Gasteiger partial charge in [-0.2, -0.15) is 0 Å². The first-order valence-electron chi connectivity index (χ1n) is 6.66. The Labute approximate surface area is 148 Å². The Hall–Kier alpha value is -1.40. The fourth-order valence-electron chi connectivity index (χ4n) is 1.90. The van der Waals surface area contributed by atoms with Gasteiger partial charge in [-0.3, -0.25) is 4.79 Å². The first-order chi connectivity index (χ1) is 10.9. The third-order valence-corrected chi connectivity index (χ3v) is 4.03. The molecule has 0 fully saturated rings. The van der Waals surface area contributed by atoms with Gasteiger partial charge in [-0.15, -0.1) is 0 Å². The van der Waals surface area contributed by atoms with Gasteiger partial charge < -0.3 is 10.6 Å². The Balaban J connectivity index is 1.96. The first kappa shape index (κ1) is 17.9. The van der Waals surface area contributed by atoms with Crippen LogP contribution in [0.3, 0.4) is 0 Å². The largest absolute Gasteiger partial charge is 0.322 e. The normalized spacial score (nSPS) is 12.0. The molecule has 4 nitrogen and oxygen atoms in total. The smallest absolute Gasteiger partial charge is 0.238 e. The van der Waals surface area contributed by atoms with Crippen molar-refractivity contribution in [1.29, 1.82) is 0 Å². The fourth-order valence-corrected chi connectivity index (χ4v) is 2.61. The molecular weight excluding hydrogens is 364 g/mol. The minimum atomic E-state index is -0.564. The molecule has 0 spiro atoms. The number of halogens is 4. The number of pyridine rings is 1. The molecule has 122 valence electrons. The highest BCUT2D eigenvalue weighted by Crippen LogP contribution is 2.28. The minimum Gasteiger partial charge on any atom is -0.322 e. The summed E-state index contributed by atoms with van der Waals surface area (Å²) >= 11 is 17.6. The topological polar surface area (TPSA) is 54.0 Å². The molecule has 1 atom stereocenters. The highest BCUT2D eigenvalue weighted by molar-refractivity contribution is 6.35. The third-order valence-electron chi connectivity index (χ3n) is 3.11. The molecule has 1 heterocycles. The van der Waals surface area contributed by atoms with Crippen LogP contribution in [0.15, 0.2) is 30.5 Å². The zero-order chi connectivity index (χ0) is 17.0. The van der Waals surface area contributed by atoms with Crippen LogP contribution in [-0.2, 0) is 4.79 Å². The minimum absolute atomic E-state index is 0.00698. The molecule has 1 aromatic heterocycles. The van der Waals surface area contributed by atoms with E-state index < -0.39 is 5.82 Å². The van der Waals surface area contributed by atoms with Crippen LogP contribution in [0.1, 0.15) is 18.5 Å². The Morgan fingerprint density at radius 1 is 1.30 bits per heavy atom. The lowest BCUT2D eigenvalue weighted by atomic mass is 10.1. The molecule has 23 heavy (non-hydrogen) atoms. The molecule has 8 heteroatoms. The summed E-state index contributed by atoms with van der Waals surface area (Å²) < 4.78 is 13.5. The van der Waals surface area contributed by atoms with Crippen LogP contribution in [0, 0.1) is 5.82 Å². The van der Waals surface area contributed by atoms with E-state index >= 15 is 0 Å². The fraction of sp³-hybridized carbons (Fsp3) is 0.200. The molecule has 0 aliphatic rings. The predicted octanol–water partition coefficient (Wildman–Crippen LogP) is 4.47. The van der Waals surface area contributed by atoms with Gasteiger partial charge in [0.05, 0.1) is 17.3 Å². The van der Waals surface area contributed by atoms with Crippen molar-refractivity contribution >= 4 is 46.4 Å². The van der Waals surface area contributed by atoms with Crippen LogP contribution >= 0.6 is 34.8 Å². The summed E-state index contributed by atoms with van der Waals surface area (Å²) in [5, 5.41) is 6.07. The van der Waals surface area contributed by atoms with Crippen molar-refractivity contribution < 1.29 is 9.18 Å². The van der Waals surface area contributed by atoms with E-state index in [-0.39, 0.29) is 28.7 Å². The van der Waals surface area contributed by atoms with Crippen molar-refractivity contribution in [2.45, 2.75) is 13.0 Å². The van der Waals surface area contributed by atoms with E-state index in [9.17, 15) is 9.18 Å². The maximum absolute atomic E-state index is 13.5. The van der Waals surface area contributed by atoms with Gasteiger partial charge in [-0.25, -0.2) is 9.37 Å². The lowest BCUT2D eigenvalue weighted by molar-refractivity contribution is -0.115. The number of nitrogens with zero attached hydrogens (tertiary/aromatic N) is 1.